The number of urea groups is 1. The first-order valence-corrected chi connectivity index (χ1v) is 9.02. The number of likely N-dealkylation sites (tertiary alicyclic amines) is 1. The number of carbonyl (C=O) groups is 2. The Morgan fingerprint density at radius 1 is 1.12 bits per heavy atom. The van der Waals surface area contributed by atoms with Gasteiger partial charge in [0.25, 0.3) is 0 Å². The zero-order valence-corrected chi connectivity index (χ0v) is 15.1. The zero-order valence-electron chi connectivity index (χ0n) is 15.1. The van der Waals surface area contributed by atoms with Gasteiger partial charge in [-0.2, -0.15) is 0 Å². The van der Waals surface area contributed by atoms with Crippen LogP contribution in [0, 0.1) is 6.92 Å². The Morgan fingerprint density at radius 3 is 2.65 bits per heavy atom. The molecule has 0 saturated carbocycles. The molecule has 26 heavy (non-hydrogen) atoms. The van der Waals surface area contributed by atoms with Gasteiger partial charge in [-0.15, -0.1) is 0 Å². The number of hydrogen-bond donors (Lipinski definition) is 2. The van der Waals surface area contributed by atoms with Crippen molar-refractivity contribution >= 4 is 11.9 Å². The molecule has 1 aliphatic heterocycles. The van der Waals surface area contributed by atoms with E-state index in [4.69, 9.17) is 0 Å². The first-order chi connectivity index (χ1) is 12.6. The van der Waals surface area contributed by atoms with Crippen LogP contribution in [0.3, 0.4) is 0 Å². The lowest BCUT2D eigenvalue weighted by atomic mass is 10.1. The molecule has 2 aromatic carbocycles. The maximum atomic E-state index is 12.2. The second-order valence-electron chi connectivity index (χ2n) is 6.80. The molecule has 136 valence electrons. The number of carbonyl (C=O) groups excluding carboxylic acids is 2. The van der Waals surface area contributed by atoms with Crippen LogP contribution in [0.25, 0.3) is 0 Å². The summed E-state index contributed by atoms with van der Waals surface area (Å²) < 4.78 is 0. The largest absolute Gasteiger partial charge is 0.338 e. The van der Waals surface area contributed by atoms with Crippen LogP contribution in [0.1, 0.15) is 23.1 Å². The van der Waals surface area contributed by atoms with E-state index in [0.717, 1.165) is 12.0 Å². The summed E-state index contributed by atoms with van der Waals surface area (Å²) in [5.41, 5.74) is 3.52. The summed E-state index contributed by atoms with van der Waals surface area (Å²) in [5, 5.41) is 5.79. The minimum absolute atomic E-state index is 0.0823. The van der Waals surface area contributed by atoms with Gasteiger partial charge >= 0.3 is 6.03 Å². The van der Waals surface area contributed by atoms with Crippen LogP contribution in [0.15, 0.2) is 54.6 Å². The van der Waals surface area contributed by atoms with Gasteiger partial charge in [-0.05, 0) is 24.5 Å². The van der Waals surface area contributed by atoms with Gasteiger partial charge in [-0.1, -0.05) is 60.2 Å². The summed E-state index contributed by atoms with van der Waals surface area (Å²) >= 11 is 0. The van der Waals surface area contributed by atoms with Crippen molar-refractivity contribution in [2.45, 2.75) is 32.4 Å². The van der Waals surface area contributed by atoms with E-state index in [0.29, 0.717) is 26.1 Å². The Labute approximate surface area is 154 Å². The van der Waals surface area contributed by atoms with Gasteiger partial charge in [0.1, 0.15) is 0 Å². The van der Waals surface area contributed by atoms with E-state index >= 15 is 0 Å². The van der Waals surface area contributed by atoms with Crippen molar-refractivity contribution in [3.8, 4) is 0 Å². The summed E-state index contributed by atoms with van der Waals surface area (Å²) in [6, 6.07) is 17.8. The summed E-state index contributed by atoms with van der Waals surface area (Å²) in [6.45, 7) is 3.78. The first kappa shape index (κ1) is 18.0. The van der Waals surface area contributed by atoms with Crippen molar-refractivity contribution in [1.82, 2.24) is 15.5 Å². The molecular formula is C21H25N3O2. The predicted molar refractivity (Wildman–Crippen MR) is 102 cm³/mol. The zero-order chi connectivity index (χ0) is 18.4. The highest BCUT2D eigenvalue weighted by Gasteiger charge is 2.30. The molecule has 2 N–H and O–H groups in total. The number of aryl methyl sites for hydroxylation is 1. The highest BCUT2D eigenvalue weighted by molar-refractivity contribution is 5.81. The molecule has 1 aliphatic rings. The van der Waals surface area contributed by atoms with Gasteiger partial charge < -0.3 is 15.5 Å². The maximum absolute atomic E-state index is 12.2. The van der Waals surface area contributed by atoms with Gasteiger partial charge in [0.05, 0.1) is 6.04 Å². The van der Waals surface area contributed by atoms with Crippen LogP contribution < -0.4 is 10.6 Å². The number of nitrogens with zero attached hydrogens (tertiary/aromatic N) is 1. The molecule has 3 rings (SSSR count). The van der Waals surface area contributed by atoms with Crippen LogP contribution >= 0.6 is 0 Å². The third-order valence-corrected chi connectivity index (χ3v) is 4.55. The Kier molecular flexibility index (Phi) is 5.89. The Hall–Kier alpha value is -2.82. The highest BCUT2D eigenvalue weighted by Crippen LogP contribution is 2.15. The van der Waals surface area contributed by atoms with Crippen molar-refractivity contribution in [2.75, 3.05) is 13.1 Å². The fourth-order valence-electron chi connectivity index (χ4n) is 3.25. The fraction of sp³-hybridized carbons (Fsp3) is 0.333. The predicted octanol–water partition coefficient (Wildman–Crippen LogP) is 2.64. The lowest BCUT2D eigenvalue weighted by Crippen LogP contribution is -2.43. The van der Waals surface area contributed by atoms with E-state index in [1.54, 1.807) is 4.90 Å². The average molecular weight is 351 g/mol. The fourth-order valence-corrected chi connectivity index (χ4v) is 3.25. The van der Waals surface area contributed by atoms with Crippen molar-refractivity contribution in [3.05, 3.63) is 71.3 Å². The second-order valence-corrected chi connectivity index (χ2v) is 6.80. The van der Waals surface area contributed by atoms with E-state index in [9.17, 15) is 9.59 Å². The van der Waals surface area contributed by atoms with E-state index in [-0.39, 0.29) is 18.0 Å². The Morgan fingerprint density at radius 2 is 1.88 bits per heavy atom. The van der Waals surface area contributed by atoms with E-state index in [1.165, 1.54) is 11.1 Å². The first-order valence-electron chi connectivity index (χ1n) is 9.02. The molecular weight excluding hydrogens is 326 g/mol. The van der Waals surface area contributed by atoms with Gasteiger partial charge in [0, 0.05) is 26.1 Å². The third-order valence-electron chi connectivity index (χ3n) is 4.55. The standard InChI is InChI=1S/C21H25N3O2/c1-16-6-5-9-17(12-16)10-11-22-21(26)23-19-13-20(25)24(15-19)14-18-7-3-2-4-8-18/h2-9,12,19H,10-11,13-15H2,1H3,(H2,22,23,26). The monoisotopic (exact) mass is 351 g/mol. The molecule has 5 heteroatoms. The quantitative estimate of drug-likeness (QED) is 0.840. The Bertz CT molecular complexity index is 761. The minimum atomic E-state index is -0.211. The summed E-state index contributed by atoms with van der Waals surface area (Å²) in [5.74, 6) is 0.0823. The molecule has 1 heterocycles. The van der Waals surface area contributed by atoms with E-state index in [1.807, 2.05) is 36.4 Å². The molecule has 0 radical (unpaired) electrons. The maximum Gasteiger partial charge on any atom is 0.315 e. The summed E-state index contributed by atoms with van der Waals surface area (Å²) in [4.78, 5) is 26.0. The van der Waals surface area contributed by atoms with Crippen molar-refractivity contribution in [3.63, 3.8) is 0 Å². The minimum Gasteiger partial charge on any atom is -0.338 e. The second kappa shape index (κ2) is 8.52. The molecule has 1 unspecified atom stereocenters. The SMILES string of the molecule is Cc1cccc(CCNC(=O)NC2CC(=O)N(Cc3ccccc3)C2)c1. The van der Waals surface area contributed by atoms with Crippen LogP contribution in [-0.2, 0) is 17.8 Å². The van der Waals surface area contributed by atoms with Crippen LogP contribution in [-0.4, -0.2) is 36.0 Å². The summed E-state index contributed by atoms with van der Waals surface area (Å²) in [7, 11) is 0. The van der Waals surface area contributed by atoms with Crippen molar-refractivity contribution < 1.29 is 9.59 Å². The molecule has 0 aliphatic carbocycles. The number of amides is 3. The highest BCUT2D eigenvalue weighted by atomic mass is 16.2. The van der Waals surface area contributed by atoms with Crippen molar-refractivity contribution in [2.24, 2.45) is 0 Å². The number of hydrogen-bond acceptors (Lipinski definition) is 2. The lowest BCUT2D eigenvalue weighted by Gasteiger charge is -2.17. The van der Waals surface area contributed by atoms with E-state index in [2.05, 4.69) is 35.8 Å². The van der Waals surface area contributed by atoms with Crippen LogP contribution in [0.4, 0.5) is 4.79 Å². The molecule has 0 bridgehead atoms. The molecule has 2 aromatic rings. The van der Waals surface area contributed by atoms with E-state index < -0.39 is 0 Å². The Balaban J connectivity index is 1.41. The molecule has 1 saturated heterocycles. The third kappa shape index (κ3) is 5.09. The molecule has 1 atom stereocenters. The average Bonchev–Trinajstić information content (AvgIpc) is 2.95. The lowest BCUT2D eigenvalue weighted by molar-refractivity contribution is -0.128. The molecule has 0 aromatic heterocycles. The summed E-state index contributed by atoms with van der Waals surface area (Å²) in [6.07, 6.45) is 1.15. The number of benzene rings is 2. The van der Waals surface area contributed by atoms with Crippen molar-refractivity contribution in [1.29, 1.82) is 0 Å². The molecule has 3 amide bonds. The number of rotatable bonds is 6. The van der Waals surface area contributed by atoms with Gasteiger partial charge in [0.2, 0.25) is 5.91 Å². The van der Waals surface area contributed by atoms with Gasteiger partial charge in [0.15, 0.2) is 0 Å². The molecule has 0 spiro atoms. The number of nitrogens with one attached hydrogen (secondary N) is 2. The molecule has 1 fully saturated rings. The topological polar surface area (TPSA) is 61.4 Å². The van der Waals surface area contributed by atoms with Gasteiger partial charge in [-0.3, -0.25) is 4.79 Å². The normalized spacial score (nSPS) is 16.6. The van der Waals surface area contributed by atoms with Crippen LogP contribution in [0.5, 0.6) is 0 Å². The molecule has 5 nitrogen and oxygen atoms in total. The smallest absolute Gasteiger partial charge is 0.315 e. The van der Waals surface area contributed by atoms with Gasteiger partial charge in [-0.25, -0.2) is 4.79 Å². The van der Waals surface area contributed by atoms with Crippen LogP contribution in [0.2, 0.25) is 0 Å².